The number of carbonyl (C=O) groups is 1. The Hall–Kier alpha value is -1.10. The predicted molar refractivity (Wildman–Crippen MR) is 63.2 cm³/mol. The van der Waals surface area contributed by atoms with Crippen LogP contribution in [0.5, 0.6) is 0 Å². The molecule has 1 aromatic rings. The van der Waals surface area contributed by atoms with Gasteiger partial charge >= 0.3 is 5.97 Å². The van der Waals surface area contributed by atoms with E-state index in [4.69, 9.17) is 10.2 Å². The summed E-state index contributed by atoms with van der Waals surface area (Å²) in [4.78, 5) is 10.5. The van der Waals surface area contributed by atoms with E-state index in [1.807, 2.05) is 0 Å². The molecule has 1 aromatic heterocycles. The van der Waals surface area contributed by atoms with Crippen LogP contribution < -0.4 is 4.72 Å². The zero-order valence-corrected chi connectivity index (χ0v) is 11.3. The zero-order chi connectivity index (χ0) is 14.8. The van der Waals surface area contributed by atoms with E-state index in [-0.39, 0.29) is 14.6 Å². The van der Waals surface area contributed by atoms with Crippen molar-refractivity contribution in [2.24, 2.45) is 0 Å². The first kappa shape index (κ1) is 16.0. The Labute approximate surface area is 111 Å². The maximum Gasteiger partial charge on any atom is 0.345 e. The Morgan fingerprint density at radius 2 is 2.11 bits per heavy atom. The van der Waals surface area contributed by atoms with E-state index in [1.54, 1.807) is 4.72 Å². The average molecular weight is 315 g/mol. The molecule has 0 bridgehead atoms. The fraction of sp³-hybridized carbons (Fsp3) is 0.444. The highest BCUT2D eigenvalue weighted by molar-refractivity contribution is 7.89. The maximum absolute atomic E-state index is 12.0. The van der Waals surface area contributed by atoms with Crippen LogP contribution in [0.1, 0.15) is 14.5 Å². The lowest BCUT2D eigenvalue weighted by Crippen LogP contribution is -2.35. The first-order chi connectivity index (χ1) is 8.65. The van der Waals surface area contributed by atoms with Crippen molar-refractivity contribution in [3.63, 3.8) is 0 Å². The van der Waals surface area contributed by atoms with Crippen LogP contribution in [-0.4, -0.2) is 43.7 Å². The van der Waals surface area contributed by atoms with Gasteiger partial charge in [0.05, 0.1) is 4.90 Å². The minimum Gasteiger partial charge on any atom is -0.477 e. The van der Waals surface area contributed by atoms with E-state index in [9.17, 15) is 22.0 Å². The fourth-order valence-electron chi connectivity index (χ4n) is 1.20. The van der Waals surface area contributed by atoms with Crippen molar-refractivity contribution in [2.75, 3.05) is 6.54 Å². The summed E-state index contributed by atoms with van der Waals surface area (Å²) in [5, 5.41) is 17.6. The molecule has 1 atom stereocenters. The van der Waals surface area contributed by atoms with Crippen molar-refractivity contribution >= 4 is 27.3 Å². The second-order valence-electron chi connectivity index (χ2n) is 3.59. The number of thiophene rings is 1. The first-order valence-electron chi connectivity index (χ1n) is 4.94. The summed E-state index contributed by atoms with van der Waals surface area (Å²) in [5.41, 5.74) is 0. The van der Waals surface area contributed by atoms with Crippen molar-refractivity contribution in [3.8, 4) is 0 Å². The second kappa shape index (κ2) is 5.90. The van der Waals surface area contributed by atoms with E-state index < -0.39 is 35.1 Å². The maximum atomic E-state index is 12.0. The third-order valence-electron chi connectivity index (χ3n) is 2.15. The number of carboxylic acid groups (broad SMARTS) is 1. The number of aryl methyl sites for hydroxylation is 1. The number of aromatic carboxylic acids is 1. The molecule has 0 aromatic carbocycles. The molecule has 0 saturated heterocycles. The van der Waals surface area contributed by atoms with Crippen LogP contribution in [0.15, 0.2) is 11.0 Å². The molecule has 1 rings (SSSR count). The molecule has 108 valence electrons. The van der Waals surface area contributed by atoms with Crippen LogP contribution in [0.4, 0.5) is 8.78 Å². The highest BCUT2D eigenvalue weighted by Gasteiger charge is 2.25. The van der Waals surface area contributed by atoms with E-state index in [2.05, 4.69) is 0 Å². The number of rotatable bonds is 6. The normalized spacial score (nSPS) is 13.7. The molecule has 1 heterocycles. The summed E-state index contributed by atoms with van der Waals surface area (Å²) in [7, 11) is -4.13. The summed E-state index contributed by atoms with van der Waals surface area (Å²) in [6.07, 6.45) is -5.19. The number of sulfonamides is 1. The molecular formula is C9H11F2NO5S2. The minimum atomic E-state index is -4.13. The van der Waals surface area contributed by atoms with Gasteiger partial charge in [-0.3, -0.25) is 0 Å². The number of carboxylic acids is 1. The van der Waals surface area contributed by atoms with Gasteiger partial charge < -0.3 is 10.2 Å². The quantitative estimate of drug-likeness (QED) is 0.715. The number of aliphatic hydroxyl groups is 1. The molecule has 0 radical (unpaired) electrons. The number of alkyl halides is 2. The van der Waals surface area contributed by atoms with Gasteiger partial charge in [0.1, 0.15) is 11.0 Å². The Kier molecular flexibility index (Phi) is 4.96. The molecule has 10 heteroatoms. The zero-order valence-electron chi connectivity index (χ0n) is 9.63. The van der Waals surface area contributed by atoms with Gasteiger partial charge in [-0.15, -0.1) is 11.3 Å². The SMILES string of the molecule is Cc1sc(C(=O)O)cc1S(=O)(=O)NCC(O)C(F)F. The molecule has 0 amide bonds. The molecule has 1 unspecified atom stereocenters. The van der Waals surface area contributed by atoms with Gasteiger partial charge in [-0.05, 0) is 13.0 Å². The van der Waals surface area contributed by atoms with Crippen LogP contribution in [0.3, 0.4) is 0 Å². The average Bonchev–Trinajstić information content (AvgIpc) is 2.69. The third-order valence-corrected chi connectivity index (χ3v) is 4.86. The van der Waals surface area contributed by atoms with Crippen LogP contribution in [0, 0.1) is 6.92 Å². The monoisotopic (exact) mass is 315 g/mol. The standard InChI is InChI=1S/C9H11F2NO5S2/c1-4-7(2-6(18-4)9(14)15)19(16,17)12-3-5(13)8(10)11/h2,5,8,12-13H,3H2,1H3,(H,14,15). The Balaban J connectivity index is 2.92. The second-order valence-corrected chi connectivity index (χ2v) is 6.58. The molecule has 0 fully saturated rings. The van der Waals surface area contributed by atoms with Gasteiger partial charge in [-0.2, -0.15) is 0 Å². The van der Waals surface area contributed by atoms with Crippen LogP contribution in [0.25, 0.3) is 0 Å². The van der Waals surface area contributed by atoms with Crippen molar-refractivity contribution in [3.05, 3.63) is 15.8 Å². The fourth-order valence-corrected chi connectivity index (χ4v) is 3.68. The summed E-state index contributed by atoms with van der Waals surface area (Å²) in [6.45, 7) is 0.549. The number of hydrogen-bond donors (Lipinski definition) is 3. The molecule has 0 aliphatic rings. The largest absolute Gasteiger partial charge is 0.477 e. The van der Waals surface area contributed by atoms with Gasteiger partial charge in [0, 0.05) is 11.4 Å². The van der Waals surface area contributed by atoms with Crippen molar-refractivity contribution in [1.29, 1.82) is 0 Å². The van der Waals surface area contributed by atoms with Gasteiger partial charge in [-0.25, -0.2) is 26.7 Å². The lowest BCUT2D eigenvalue weighted by Gasteiger charge is -2.10. The van der Waals surface area contributed by atoms with Crippen LogP contribution in [-0.2, 0) is 10.0 Å². The molecule has 0 spiro atoms. The Bertz CT molecular complexity index is 569. The first-order valence-corrected chi connectivity index (χ1v) is 7.24. The van der Waals surface area contributed by atoms with Crippen molar-refractivity contribution in [2.45, 2.75) is 24.3 Å². The van der Waals surface area contributed by atoms with Gasteiger partial charge in [-0.1, -0.05) is 0 Å². The number of aliphatic hydroxyl groups excluding tert-OH is 1. The van der Waals surface area contributed by atoms with Crippen LogP contribution in [0.2, 0.25) is 0 Å². The molecule has 6 nitrogen and oxygen atoms in total. The summed E-state index contributed by atoms with van der Waals surface area (Å²) >= 11 is 0.761. The van der Waals surface area contributed by atoms with Crippen molar-refractivity contribution < 1.29 is 32.2 Å². The molecule has 0 saturated carbocycles. The third kappa shape index (κ3) is 3.93. The topological polar surface area (TPSA) is 104 Å². The molecule has 0 aliphatic heterocycles. The van der Waals surface area contributed by atoms with Gasteiger partial charge in [0.2, 0.25) is 10.0 Å². The summed E-state index contributed by atoms with van der Waals surface area (Å²) < 4.78 is 49.4. The minimum absolute atomic E-state index is 0.174. The van der Waals surface area contributed by atoms with E-state index in [0.717, 1.165) is 17.4 Å². The smallest absolute Gasteiger partial charge is 0.345 e. The molecule has 0 aliphatic carbocycles. The van der Waals surface area contributed by atoms with Gasteiger partial charge in [0.25, 0.3) is 6.43 Å². The van der Waals surface area contributed by atoms with Crippen molar-refractivity contribution in [1.82, 2.24) is 4.72 Å². The molecule has 3 N–H and O–H groups in total. The Morgan fingerprint density at radius 3 is 2.53 bits per heavy atom. The predicted octanol–water partition coefficient (Wildman–Crippen LogP) is 0.659. The molecule has 19 heavy (non-hydrogen) atoms. The highest BCUT2D eigenvalue weighted by Crippen LogP contribution is 2.25. The van der Waals surface area contributed by atoms with E-state index >= 15 is 0 Å². The van der Waals surface area contributed by atoms with Crippen LogP contribution >= 0.6 is 11.3 Å². The summed E-state index contributed by atoms with van der Waals surface area (Å²) in [6, 6.07) is 0.944. The summed E-state index contributed by atoms with van der Waals surface area (Å²) in [5.74, 6) is -1.28. The number of hydrogen-bond acceptors (Lipinski definition) is 5. The number of halogens is 2. The highest BCUT2D eigenvalue weighted by atomic mass is 32.2. The lowest BCUT2D eigenvalue weighted by molar-refractivity contribution is -0.000451. The van der Waals surface area contributed by atoms with Gasteiger partial charge in [0.15, 0.2) is 0 Å². The van der Waals surface area contributed by atoms with E-state index in [1.165, 1.54) is 6.92 Å². The lowest BCUT2D eigenvalue weighted by atomic mass is 10.4. The molecular weight excluding hydrogens is 304 g/mol. The Morgan fingerprint density at radius 1 is 1.53 bits per heavy atom. The number of nitrogens with one attached hydrogen (secondary N) is 1. The van der Waals surface area contributed by atoms with E-state index in [0.29, 0.717) is 0 Å².